The third-order valence-electron chi connectivity index (χ3n) is 6.60. The predicted molar refractivity (Wildman–Crippen MR) is 112 cm³/mol. The lowest BCUT2D eigenvalue weighted by Crippen LogP contribution is -2.25. The molecule has 2 aliphatic carbocycles. The van der Waals surface area contributed by atoms with Crippen LogP contribution < -0.4 is 4.74 Å². The molecule has 0 amide bonds. The first-order chi connectivity index (χ1) is 13.2. The summed E-state index contributed by atoms with van der Waals surface area (Å²) in [6.07, 6.45) is 15.5. The molecule has 0 bridgehead atoms. The van der Waals surface area contributed by atoms with Gasteiger partial charge in [-0.15, -0.1) is 13.2 Å². The van der Waals surface area contributed by atoms with Crippen LogP contribution in [-0.2, 0) is 4.79 Å². The predicted octanol–water partition coefficient (Wildman–Crippen LogP) is 6.82. The second-order valence-electron chi connectivity index (χ2n) is 8.47. The fourth-order valence-corrected chi connectivity index (χ4v) is 4.84. The van der Waals surface area contributed by atoms with Gasteiger partial charge in [0.15, 0.2) is 0 Å². The van der Waals surface area contributed by atoms with Gasteiger partial charge in [0.25, 0.3) is 0 Å². The van der Waals surface area contributed by atoms with Crippen LogP contribution in [0.25, 0.3) is 0 Å². The highest BCUT2D eigenvalue weighted by atomic mass is 16.5. The molecule has 146 valence electrons. The summed E-state index contributed by atoms with van der Waals surface area (Å²) in [4.78, 5) is 12.5. The molecule has 0 spiro atoms. The molecule has 1 aromatic carbocycles. The molecule has 2 saturated carbocycles. The molecule has 0 saturated heterocycles. The molecule has 0 N–H and O–H groups in total. The summed E-state index contributed by atoms with van der Waals surface area (Å²) in [7, 11) is 0. The maximum atomic E-state index is 12.5. The van der Waals surface area contributed by atoms with Crippen molar-refractivity contribution < 1.29 is 9.53 Å². The first-order valence-corrected chi connectivity index (χ1v) is 10.7. The Kier molecular flexibility index (Phi) is 7.32. The van der Waals surface area contributed by atoms with Crippen molar-refractivity contribution in [2.45, 2.75) is 70.1 Å². The van der Waals surface area contributed by atoms with Crippen LogP contribution in [0.3, 0.4) is 0 Å². The highest BCUT2D eigenvalue weighted by Gasteiger charge is 2.27. The molecule has 27 heavy (non-hydrogen) atoms. The largest absolute Gasteiger partial charge is 0.426 e. The van der Waals surface area contributed by atoms with Crippen molar-refractivity contribution in [2.75, 3.05) is 0 Å². The van der Waals surface area contributed by atoms with Crippen molar-refractivity contribution in [3.63, 3.8) is 0 Å². The summed E-state index contributed by atoms with van der Waals surface area (Å²) in [5.41, 5.74) is 1.39. The maximum absolute atomic E-state index is 12.5. The number of allylic oxidation sites excluding steroid dienone is 2. The van der Waals surface area contributed by atoms with Gasteiger partial charge in [0.05, 0.1) is 5.92 Å². The molecule has 0 atom stereocenters. The Morgan fingerprint density at radius 1 is 0.852 bits per heavy atom. The van der Waals surface area contributed by atoms with Gasteiger partial charge in [-0.25, -0.2) is 0 Å². The number of esters is 1. The number of hydrogen-bond acceptors (Lipinski definition) is 2. The zero-order valence-electron chi connectivity index (χ0n) is 16.6. The van der Waals surface area contributed by atoms with Gasteiger partial charge in [0.1, 0.15) is 5.75 Å². The van der Waals surface area contributed by atoms with E-state index in [2.05, 4.69) is 31.4 Å². The second-order valence-corrected chi connectivity index (χ2v) is 8.47. The summed E-state index contributed by atoms with van der Waals surface area (Å²) >= 11 is 0. The average Bonchev–Trinajstić information content (AvgIpc) is 2.70. The molecule has 0 radical (unpaired) electrons. The lowest BCUT2D eigenvalue weighted by Gasteiger charge is -2.28. The number of ether oxygens (including phenoxy) is 1. The Hall–Kier alpha value is -1.83. The van der Waals surface area contributed by atoms with E-state index in [0.29, 0.717) is 17.6 Å². The van der Waals surface area contributed by atoms with Crippen molar-refractivity contribution in [2.24, 2.45) is 17.8 Å². The summed E-state index contributed by atoms with van der Waals surface area (Å²) in [5, 5.41) is 0. The van der Waals surface area contributed by atoms with E-state index in [0.717, 1.165) is 44.4 Å². The van der Waals surface area contributed by atoms with Crippen LogP contribution in [-0.4, -0.2) is 5.97 Å². The monoisotopic (exact) mass is 366 g/mol. The lowest BCUT2D eigenvalue weighted by molar-refractivity contribution is -0.140. The van der Waals surface area contributed by atoms with Crippen LogP contribution in [0.15, 0.2) is 49.6 Å². The minimum Gasteiger partial charge on any atom is -0.426 e. The SMILES string of the molecule is C=CCC1CCC(C(=O)Oc2ccc(C3CCC(CC=C)CC3)cc2)CC1. The highest BCUT2D eigenvalue weighted by molar-refractivity contribution is 5.75. The van der Waals surface area contributed by atoms with E-state index in [1.165, 1.54) is 31.2 Å². The number of carbonyl (C=O) groups is 1. The minimum atomic E-state index is -0.0512. The maximum Gasteiger partial charge on any atom is 0.314 e. The van der Waals surface area contributed by atoms with Gasteiger partial charge in [-0.3, -0.25) is 4.79 Å². The van der Waals surface area contributed by atoms with Crippen LogP contribution >= 0.6 is 0 Å². The summed E-state index contributed by atoms with van der Waals surface area (Å²) in [6.45, 7) is 7.69. The summed E-state index contributed by atoms with van der Waals surface area (Å²) in [5.74, 6) is 2.87. The van der Waals surface area contributed by atoms with E-state index < -0.39 is 0 Å². The van der Waals surface area contributed by atoms with Gasteiger partial charge in [0.2, 0.25) is 0 Å². The lowest BCUT2D eigenvalue weighted by atomic mass is 9.77. The standard InChI is InChI=1S/C25H34O2/c1-3-5-19-7-11-21(12-8-19)22-15-17-24(18-16-22)27-25(26)23-13-9-20(6-4-2)10-14-23/h3-4,15-21,23H,1-2,5-14H2. The number of hydrogen-bond donors (Lipinski definition) is 0. The zero-order valence-corrected chi connectivity index (χ0v) is 16.6. The van der Waals surface area contributed by atoms with Gasteiger partial charge in [0, 0.05) is 0 Å². The topological polar surface area (TPSA) is 26.3 Å². The number of benzene rings is 1. The highest BCUT2D eigenvalue weighted by Crippen LogP contribution is 2.38. The van der Waals surface area contributed by atoms with Crippen LogP contribution in [0.2, 0.25) is 0 Å². The van der Waals surface area contributed by atoms with E-state index in [4.69, 9.17) is 4.74 Å². The van der Waals surface area contributed by atoms with E-state index in [1.807, 2.05) is 18.2 Å². The quantitative estimate of drug-likeness (QED) is 0.300. The number of rotatable bonds is 7. The molecule has 0 aromatic heterocycles. The Labute approximate surface area is 164 Å². The van der Waals surface area contributed by atoms with E-state index in [-0.39, 0.29) is 11.9 Å². The fraction of sp³-hybridized carbons (Fsp3) is 0.560. The average molecular weight is 367 g/mol. The molecule has 3 rings (SSSR count). The van der Waals surface area contributed by atoms with Crippen molar-refractivity contribution in [3.05, 3.63) is 55.1 Å². The Bertz CT molecular complexity index is 614. The number of carbonyl (C=O) groups excluding carboxylic acids is 1. The molecule has 0 heterocycles. The molecule has 2 nitrogen and oxygen atoms in total. The Balaban J connectivity index is 1.47. The fourth-order valence-electron chi connectivity index (χ4n) is 4.84. The van der Waals surface area contributed by atoms with Crippen LogP contribution in [0.1, 0.15) is 75.7 Å². The molecule has 2 fully saturated rings. The molecule has 1 aromatic rings. The Morgan fingerprint density at radius 3 is 1.89 bits per heavy atom. The normalized spacial score (nSPS) is 28.3. The van der Waals surface area contributed by atoms with Gasteiger partial charge in [-0.1, -0.05) is 24.3 Å². The minimum absolute atomic E-state index is 0.0512. The van der Waals surface area contributed by atoms with Crippen LogP contribution in [0.5, 0.6) is 5.75 Å². The van der Waals surface area contributed by atoms with E-state index >= 15 is 0 Å². The van der Waals surface area contributed by atoms with Gasteiger partial charge in [-0.05, 0) is 99.7 Å². The summed E-state index contributed by atoms with van der Waals surface area (Å²) in [6, 6.07) is 8.27. The molecule has 0 unspecified atom stereocenters. The molecule has 2 aliphatic rings. The van der Waals surface area contributed by atoms with Crippen molar-refractivity contribution >= 4 is 5.97 Å². The van der Waals surface area contributed by atoms with Gasteiger partial charge >= 0.3 is 5.97 Å². The first-order valence-electron chi connectivity index (χ1n) is 10.7. The van der Waals surface area contributed by atoms with E-state index in [1.54, 1.807) is 0 Å². The zero-order chi connectivity index (χ0) is 19.1. The molecule has 0 aliphatic heterocycles. The smallest absolute Gasteiger partial charge is 0.314 e. The molecule has 2 heteroatoms. The van der Waals surface area contributed by atoms with Crippen LogP contribution in [0, 0.1) is 17.8 Å². The third kappa shape index (κ3) is 5.57. The molecular weight excluding hydrogens is 332 g/mol. The Morgan fingerprint density at radius 2 is 1.37 bits per heavy atom. The van der Waals surface area contributed by atoms with Crippen molar-refractivity contribution in [3.8, 4) is 5.75 Å². The first kappa shape index (κ1) is 19.9. The molecular formula is C25H34O2. The van der Waals surface area contributed by atoms with Gasteiger partial charge < -0.3 is 4.74 Å². The van der Waals surface area contributed by atoms with Crippen molar-refractivity contribution in [1.82, 2.24) is 0 Å². The van der Waals surface area contributed by atoms with E-state index in [9.17, 15) is 4.79 Å². The van der Waals surface area contributed by atoms with Crippen LogP contribution in [0.4, 0.5) is 0 Å². The van der Waals surface area contributed by atoms with Crippen molar-refractivity contribution in [1.29, 1.82) is 0 Å². The van der Waals surface area contributed by atoms with Gasteiger partial charge in [-0.2, -0.15) is 0 Å². The third-order valence-corrected chi connectivity index (χ3v) is 6.60. The summed E-state index contributed by atoms with van der Waals surface area (Å²) < 4.78 is 5.67. The second kappa shape index (κ2) is 9.92.